The Kier molecular flexibility index (Phi) is 1.76. The number of phenols is 1. The second-order valence-corrected chi connectivity index (χ2v) is 2.15. The summed E-state index contributed by atoms with van der Waals surface area (Å²) in [5.41, 5.74) is 1.72. The Labute approximate surface area is 60.6 Å². The Balaban J connectivity index is 3.00. The van der Waals surface area contributed by atoms with Crippen molar-refractivity contribution in [2.75, 3.05) is 0 Å². The lowest BCUT2D eigenvalue weighted by atomic mass is 10.1. The zero-order valence-electron chi connectivity index (χ0n) is 5.67. The first kappa shape index (κ1) is 6.87. The lowest BCUT2D eigenvalue weighted by molar-refractivity contribution is 0.475. The predicted octanol–water partition coefficient (Wildman–Crippen LogP) is 2.24. The van der Waals surface area contributed by atoms with Crippen LogP contribution in [-0.4, -0.2) is 5.11 Å². The van der Waals surface area contributed by atoms with Gasteiger partial charge in [-0.25, -0.2) is 0 Å². The van der Waals surface area contributed by atoms with Gasteiger partial charge in [-0.15, -0.1) is 0 Å². The molecule has 51 valence electrons. The fourth-order valence-corrected chi connectivity index (χ4v) is 0.697. The van der Waals surface area contributed by atoms with Gasteiger partial charge in [0.25, 0.3) is 0 Å². The average Bonchev–Trinajstić information content (AvgIpc) is 1.88. The van der Waals surface area contributed by atoms with Gasteiger partial charge in [0.2, 0.25) is 0 Å². The lowest BCUT2D eigenvalue weighted by Gasteiger charge is -1.97. The van der Waals surface area contributed by atoms with Gasteiger partial charge in [0.05, 0.1) is 0 Å². The highest BCUT2D eigenvalue weighted by atomic mass is 16.3. The SMILES string of the molecule is [CH2]C(=C)c1ccc(O)cc1. The second-order valence-electron chi connectivity index (χ2n) is 2.15. The lowest BCUT2D eigenvalue weighted by Crippen LogP contribution is -1.74. The van der Waals surface area contributed by atoms with E-state index >= 15 is 0 Å². The summed E-state index contributed by atoms with van der Waals surface area (Å²) < 4.78 is 0. The third kappa shape index (κ3) is 1.38. The topological polar surface area (TPSA) is 20.2 Å². The molecule has 0 amide bonds. The molecule has 1 aromatic rings. The summed E-state index contributed by atoms with van der Waals surface area (Å²) in [6.07, 6.45) is 0. The van der Waals surface area contributed by atoms with Crippen LogP contribution in [0.2, 0.25) is 0 Å². The molecule has 0 spiro atoms. The van der Waals surface area contributed by atoms with Gasteiger partial charge in [-0.2, -0.15) is 0 Å². The maximum atomic E-state index is 8.89. The van der Waals surface area contributed by atoms with Crippen molar-refractivity contribution < 1.29 is 5.11 Å². The van der Waals surface area contributed by atoms with Crippen LogP contribution in [0.1, 0.15) is 5.56 Å². The number of benzene rings is 1. The van der Waals surface area contributed by atoms with Crippen LogP contribution in [0.4, 0.5) is 0 Å². The highest BCUT2D eigenvalue weighted by Crippen LogP contribution is 2.14. The average molecular weight is 133 g/mol. The fraction of sp³-hybridized carbons (Fsp3) is 0. The molecule has 0 heterocycles. The molecular formula is C9H9O. The van der Waals surface area contributed by atoms with E-state index in [2.05, 4.69) is 13.5 Å². The number of rotatable bonds is 1. The molecule has 1 nitrogen and oxygen atoms in total. The maximum Gasteiger partial charge on any atom is 0.115 e. The standard InChI is InChI=1S/C9H9O/c1-7(2)8-3-5-9(10)6-4-8/h3-6,10H,1-2H2. The Morgan fingerprint density at radius 3 is 2.10 bits per heavy atom. The summed E-state index contributed by atoms with van der Waals surface area (Å²) in [6.45, 7) is 7.32. The minimum atomic E-state index is 0.269. The molecule has 0 aliphatic heterocycles. The highest BCUT2D eigenvalue weighted by molar-refractivity contribution is 5.66. The van der Waals surface area contributed by atoms with Gasteiger partial charge in [0, 0.05) is 0 Å². The van der Waals surface area contributed by atoms with Crippen molar-refractivity contribution in [3.8, 4) is 5.75 Å². The molecule has 0 unspecified atom stereocenters. The van der Waals surface area contributed by atoms with Gasteiger partial charge in [-0.3, -0.25) is 0 Å². The van der Waals surface area contributed by atoms with E-state index in [1.54, 1.807) is 24.3 Å². The van der Waals surface area contributed by atoms with Crippen molar-refractivity contribution in [3.05, 3.63) is 43.3 Å². The first-order valence-electron chi connectivity index (χ1n) is 3.00. The molecule has 0 atom stereocenters. The predicted molar refractivity (Wildman–Crippen MR) is 42.5 cm³/mol. The summed E-state index contributed by atoms with van der Waals surface area (Å²) in [6, 6.07) is 6.80. The van der Waals surface area contributed by atoms with Crippen LogP contribution in [-0.2, 0) is 0 Å². The molecule has 0 bridgehead atoms. The van der Waals surface area contributed by atoms with Gasteiger partial charge in [0.1, 0.15) is 5.75 Å². The van der Waals surface area contributed by atoms with E-state index < -0.39 is 0 Å². The Morgan fingerprint density at radius 1 is 1.20 bits per heavy atom. The van der Waals surface area contributed by atoms with Gasteiger partial charge in [-0.05, 0) is 30.2 Å². The molecule has 0 aromatic heterocycles. The van der Waals surface area contributed by atoms with Crippen LogP contribution in [0.15, 0.2) is 30.8 Å². The van der Waals surface area contributed by atoms with Crippen molar-refractivity contribution in [3.63, 3.8) is 0 Å². The Morgan fingerprint density at radius 2 is 1.70 bits per heavy atom. The minimum Gasteiger partial charge on any atom is -0.508 e. The largest absolute Gasteiger partial charge is 0.508 e. The quantitative estimate of drug-likeness (QED) is 0.622. The molecule has 0 fully saturated rings. The van der Waals surface area contributed by atoms with Gasteiger partial charge < -0.3 is 5.11 Å². The second kappa shape index (κ2) is 2.56. The van der Waals surface area contributed by atoms with Gasteiger partial charge in [0.15, 0.2) is 0 Å². The van der Waals surface area contributed by atoms with Crippen LogP contribution >= 0.6 is 0 Å². The number of allylic oxidation sites excluding steroid dienone is 1. The maximum absolute atomic E-state index is 8.89. The summed E-state index contributed by atoms with van der Waals surface area (Å²) in [5, 5.41) is 8.89. The van der Waals surface area contributed by atoms with Crippen LogP contribution in [0, 0.1) is 6.92 Å². The molecule has 1 radical (unpaired) electrons. The van der Waals surface area contributed by atoms with E-state index in [1.807, 2.05) is 0 Å². The van der Waals surface area contributed by atoms with Crippen LogP contribution in [0.25, 0.3) is 5.57 Å². The summed E-state index contributed by atoms with van der Waals surface area (Å²) in [4.78, 5) is 0. The van der Waals surface area contributed by atoms with E-state index in [0.29, 0.717) is 0 Å². The van der Waals surface area contributed by atoms with E-state index in [9.17, 15) is 0 Å². The van der Waals surface area contributed by atoms with E-state index in [-0.39, 0.29) is 5.75 Å². The van der Waals surface area contributed by atoms with E-state index in [4.69, 9.17) is 5.11 Å². The van der Waals surface area contributed by atoms with E-state index in [1.165, 1.54) is 0 Å². The molecule has 0 saturated carbocycles. The van der Waals surface area contributed by atoms with Crippen LogP contribution < -0.4 is 0 Å². The number of aromatic hydroxyl groups is 1. The molecule has 1 heteroatoms. The van der Waals surface area contributed by atoms with E-state index in [0.717, 1.165) is 11.1 Å². The minimum absolute atomic E-state index is 0.269. The first-order valence-corrected chi connectivity index (χ1v) is 3.00. The Hall–Kier alpha value is -1.24. The van der Waals surface area contributed by atoms with Crippen molar-refractivity contribution >= 4 is 5.57 Å². The van der Waals surface area contributed by atoms with Crippen LogP contribution in [0.3, 0.4) is 0 Å². The molecule has 1 aromatic carbocycles. The van der Waals surface area contributed by atoms with Gasteiger partial charge in [-0.1, -0.05) is 18.7 Å². The molecular weight excluding hydrogens is 124 g/mol. The zero-order valence-corrected chi connectivity index (χ0v) is 5.67. The monoisotopic (exact) mass is 133 g/mol. The molecule has 1 rings (SSSR count). The number of hydrogen-bond donors (Lipinski definition) is 1. The zero-order chi connectivity index (χ0) is 7.56. The van der Waals surface area contributed by atoms with Crippen molar-refractivity contribution in [1.82, 2.24) is 0 Å². The van der Waals surface area contributed by atoms with Crippen molar-refractivity contribution in [2.24, 2.45) is 0 Å². The number of phenolic OH excluding ortho intramolecular Hbond substituents is 1. The first-order chi connectivity index (χ1) is 4.70. The molecule has 0 saturated heterocycles. The molecule has 0 aliphatic carbocycles. The summed E-state index contributed by atoms with van der Waals surface area (Å²) in [7, 11) is 0. The van der Waals surface area contributed by atoms with Crippen molar-refractivity contribution in [1.29, 1.82) is 0 Å². The normalized spacial score (nSPS) is 9.30. The molecule has 10 heavy (non-hydrogen) atoms. The van der Waals surface area contributed by atoms with Crippen molar-refractivity contribution in [2.45, 2.75) is 0 Å². The van der Waals surface area contributed by atoms with Crippen LogP contribution in [0.5, 0.6) is 5.75 Å². The third-order valence-corrected chi connectivity index (χ3v) is 1.28. The smallest absolute Gasteiger partial charge is 0.115 e. The molecule has 0 aliphatic rings. The Bertz CT molecular complexity index is 233. The fourth-order valence-electron chi connectivity index (χ4n) is 0.697. The highest BCUT2D eigenvalue weighted by Gasteiger charge is 1.90. The van der Waals surface area contributed by atoms with Gasteiger partial charge >= 0.3 is 0 Å². The number of hydrogen-bond acceptors (Lipinski definition) is 1. The summed E-state index contributed by atoms with van der Waals surface area (Å²) in [5.74, 6) is 0.269. The third-order valence-electron chi connectivity index (χ3n) is 1.28. The molecule has 1 N–H and O–H groups in total. The summed E-state index contributed by atoms with van der Waals surface area (Å²) >= 11 is 0.